The van der Waals surface area contributed by atoms with Crippen LogP contribution in [0.2, 0.25) is 0 Å². The van der Waals surface area contributed by atoms with Crippen LogP contribution in [0.3, 0.4) is 0 Å². The second-order valence-electron chi connectivity index (χ2n) is 4.02. The summed E-state index contributed by atoms with van der Waals surface area (Å²) in [6.45, 7) is 7.65. The molecule has 0 aliphatic carbocycles. The van der Waals surface area contributed by atoms with Gasteiger partial charge in [-0.25, -0.2) is 4.79 Å². The van der Waals surface area contributed by atoms with Gasteiger partial charge < -0.3 is 14.0 Å². The average Bonchev–Trinajstić information content (AvgIpc) is 2.29. The third-order valence-corrected chi connectivity index (χ3v) is 4.28. The molecule has 0 aromatic heterocycles. The molecule has 0 aromatic rings. The smallest absolute Gasteiger partial charge is 0.364 e. The monoisotopic (exact) mass is 249 g/mol. The topological polar surface area (TPSA) is 61.8 Å². The Morgan fingerprint density at radius 3 is 2.56 bits per heavy atom. The van der Waals surface area contributed by atoms with Gasteiger partial charge in [0.05, 0.1) is 44.3 Å². The van der Waals surface area contributed by atoms with E-state index in [1.54, 1.807) is 25.1 Å². The van der Waals surface area contributed by atoms with Gasteiger partial charge in [0.25, 0.3) is 0 Å². The van der Waals surface area contributed by atoms with Crippen LogP contribution < -0.4 is 0 Å². The number of carbonyl (C=O) groups excluding carboxylic acids is 1. The van der Waals surface area contributed by atoms with Gasteiger partial charge in [0.2, 0.25) is 4.75 Å². The van der Waals surface area contributed by atoms with Crippen molar-refractivity contribution in [3.8, 4) is 0 Å². The molecular weight excluding hydrogens is 230 g/mol. The molecule has 1 aliphatic rings. The largest absolute Gasteiger partial charge is 0.597 e. The molecule has 0 spiro atoms. The van der Waals surface area contributed by atoms with E-state index in [9.17, 15) is 9.35 Å². The van der Waals surface area contributed by atoms with Gasteiger partial charge in [-0.05, 0) is 20.8 Å². The van der Waals surface area contributed by atoms with Crippen molar-refractivity contribution in [3.63, 3.8) is 0 Å². The number of morpholine rings is 1. The Labute approximate surface area is 99.4 Å². The summed E-state index contributed by atoms with van der Waals surface area (Å²) in [5.74, 6) is -0.417. The normalized spacial score (nSPS) is 20.5. The Hall–Kier alpha value is -0.300. The fraction of sp³-hybridized carbons (Fsp3) is 0.900. The van der Waals surface area contributed by atoms with Gasteiger partial charge in [0, 0.05) is 0 Å². The van der Waals surface area contributed by atoms with E-state index in [0.717, 1.165) is 0 Å². The lowest BCUT2D eigenvalue weighted by molar-refractivity contribution is -0.145. The van der Waals surface area contributed by atoms with E-state index in [4.69, 9.17) is 9.47 Å². The first-order valence-corrected chi connectivity index (χ1v) is 6.52. The molecule has 1 aliphatic heterocycles. The van der Waals surface area contributed by atoms with Gasteiger partial charge in [-0.15, -0.1) is 4.31 Å². The number of carbonyl (C=O) groups is 1. The SMILES string of the molecule is CCOC(=O)C(C)(C)[S+]([O-])N1CCOCC1. The number of nitrogens with zero attached hydrogens (tertiary/aromatic N) is 1. The van der Waals surface area contributed by atoms with Crippen LogP contribution >= 0.6 is 0 Å². The highest BCUT2D eigenvalue weighted by Crippen LogP contribution is 2.23. The lowest BCUT2D eigenvalue weighted by Gasteiger charge is -2.34. The van der Waals surface area contributed by atoms with Crippen molar-refractivity contribution in [2.45, 2.75) is 25.5 Å². The molecule has 16 heavy (non-hydrogen) atoms. The fourth-order valence-corrected chi connectivity index (χ4v) is 2.74. The first-order chi connectivity index (χ1) is 7.50. The number of hydrogen-bond acceptors (Lipinski definition) is 5. The predicted octanol–water partition coefficient (Wildman–Crippen LogP) is 0.324. The van der Waals surface area contributed by atoms with E-state index in [2.05, 4.69) is 0 Å². The summed E-state index contributed by atoms with van der Waals surface area (Å²) >= 11 is -1.37. The third kappa shape index (κ3) is 3.10. The van der Waals surface area contributed by atoms with E-state index < -0.39 is 22.1 Å². The second kappa shape index (κ2) is 5.86. The van der Waals surface area contributed by atoms with Gasteiger partial charge in [0.1, 0.15) is 0 Å². The molecule has 0 bridgehead atoms. The van der Waals surface area contributed by atoms with E-state index in [1.165, 1.54) is 0 Å². The molecule has 0 saturated carbocycles. The molecule has 1 unspecified atom stereocenters. The Bertz CT molecular complexity index is 241. The third-order valence-electron chi connectivity index (χ3n) is 2.41. The van der Waals surface area contributed by atoms with Crippen molar-refractivity contribution in [3.05, 3.63) is 0 Å². The number of ether oxygens (including phenoxy) is 2. The molecule has 6 heteroatoms. The van der Waals surface area contributed by atoms with Crippen LogP contribution in [0, 0.1) is 0 Å². The summed E-state index contributed by atoms with van der Waals surface area (Å²) in [5.41, 5.74) is 0. The van der Waals surface area contributed by atoms with Gasteiger partial charge in [0.15, 0.2) is 0 Å². The molecule has 5 nitrogen and oxygen atoms in total. The summed E-state index contributed by atoms with van der Waals surface area (Å²) in [5, 5.41) is 0. The Balaban J connectivity index is 2.61. The van der Waals surface area contributed by atoms with Crippen molar-refractivity contribution in [1.29, 1.82) is 0 Å². The van der Waals surface area contributed by atoms with Crippen LogP contribution in [-0.4, -0.2) is 52.5 Å². The molecule has 0 aromatic carbocycles. The van der Waals surface area contributed by atoms with Gasteiger partial charge in [-0.2, -0.15) is 0 Å². The predicted molar refractivity (Wildman–Crippen MR) is 61.2 cm³/mol. The van der Waals surface area contributed by atoms with Gasteiger partial charge in [-0.1, -0.05) is 0 Å². The molecular formula is C10H19NO4S. The average molecular weight is 249 g/mol. The summed E-state index contributed by atoms with van der Waals surface area (Å²) in [4.78, 5) is 11.7. The first-order valence-electron chi connectivity index (χ1n) is 5.42. The summed E-state index contributed by atoms with van der Waals surface area (Å²) in [6, 6.07) is 0. The zero-order valence-corrected chi connectivity index (χ0v) is 10.8. The molecule has 1 rings (SSSR count). The molecule has 94 valence electrons. The van der Waals surface area contributed by atoms with Gasteiger partial charge in [-0.3, -0.25) is 0 Å². The number of rotatable bonds is 4. The minimum absolute atomic E-state index is 0.308. The second-order valence-corrected chi connectivity index (χ2v) is 6.06. The maximum atomic E-state index is 12.2. The van der Waals surface area contributed by atoms with E-state index in [0.29, 0.717) is 32.9 Å². The lowest BCUT2D eigenvalue weighted by Crippen LogP contribution is -2.53. The highest BCUT2D eigenvalue weighted by molar-refractivity contribution is 7.91. The fourth-order valence-electron chi connectivity index (χ4n) is 1.41. The quantitative estimate of drug-likeness (QED) is 0.530. The van der Waals surface area contributed by atoms with Crippen LogP contribution in [0.4, 0.5) is 0 Å². The van der Waals surface area contributed by atoms with Crippen molar-refractivity contribution < 1.29 is 18.8 Å². The zero-order valence-electron chi connectivity index (χ0n) is 10.0. The summed E-state index contributed by atoms with van der Waals surface area (Å²) in [6.07, 6.45) is 0. The first kappa shape index (κ1) is 13.8. The minimum Gasteiger partial charge on any atom is -0.597 e. The maximum absolute atomic E-state index is 12.2. The molecule has 0 amide bonds. The Morgan fingerprint density at radius 2 is 2.06 bits per heavy atom. The van der Waals surface area contributed by atoms with Crippen LogP contribution in [0.25, 0.3) is 0 Å². The maximum Gasteiger partial charge on any atom is 0.364 e. The van der Waals surface area contributed by atoms with Crippen molar-refractivity contribution in [2.75, 3.05) is 32.9 Å². The van der Waals surface area contributed by atoms with Crippen molar-refractivity contribution in [1.82, 2.24) is 4.31 Å². The molecule has 1 heterocycles. The molecule has 1 fully saturated rings. The number of hydrogen-bond donors (Lipinski definition) is 0. The molecule has 1 atom stereocenters. The van der Waals surface area contributed by atoms with E-state index in [1.807, 2.05) is 0 Å². The lowest BCUT2D eigenvalue weighted by atomic mass is 10.2. The summed E-state index contributed by atoms with van der Waals surface area (Å²) in [7, 11) is 0. The van der Waals surface area contributed by atoms with E-state index >= 15 is 0 Å². The summed E-state index contributed by atoms with van der Waals surface area (Å²) < 4.78 is 23.1. The highest BCUT2D eigenvalue weighted by atomic mass is 32.2. The molecule has 0 radical (unpaired) electrons. The zero-order chi connectivity index (χ0) is 12.2. The van der Waals surface area contributed by atoms with Crippen LogP contribution in [0.5, 0.6) is 0 Å². The van der Waals surface area contributed by atoms with Crippen molar-refractivity contribution >= 4 is 17.3 Å². The van der Waals surface area contributed by atoms with Crippen LogP contribution in [0.1, 0.15) is 20.8 Å². The standard InChI is InChI=1S/C10H19NO4S/c1-4-15-9(12)10(2,3)16(13)11-5-7-14-8-6-11/h4-8H2,1-3H3. The number of esters is 1. The van der Waals surface area contributed by atoms with Crippen LogP contribution in [-0.2, 0) is 25.6 Å². The Kier molecular flexibility index (Phi) is 5.04. The van der Waals surface area contributed by atoms with E-state index in [-0.39, 0.29) is 0 Å². The highest BCUT2D eigenvalue weighted by Gasteiger charge is 2.46. The molecule has 1 saturated heterocycles. The van der Waals surface area contributed by atoms with Crippen molar-refractivity contribution in [2.24, 2.45) is 0 Å². The minimum atomic E-state index is -1.37. The Morgan fingerprint density at radius 1 is 1.50 bits per heavy atom. The molecule has 0 N–H and O–H groups in total. The van der Waals surface area contributed by atoms with Crippen LogP contribution in [0.15, 0.2) is 0 Å². The van der Waals surface area contributed by atoms with Gasteiger partial charge >= 0.3 is 5.97 Å².